The molecule has 4 atom stereocenters. The molecule has 0 spiro atoms. The molecule has 3 heteroatoms. The molecule has 3 aliphatic rings. The highest BCUT2D eigenvalue weighted by Gasteiger charge is 2.57. The third-order valence-electron chi connectivity index (χ3n) is 7.66. The van der Waals surface area contributed by atoms with E-state index in [2.05, 4.69) is 56.0 Å². The lowest BCUT2D eigenvalue weighted by molar-refractivity contribution is -0.149. The summed E-state index contributed by atoms with van der Waals surface area (Å²) in [5.74, 6) is 0.153. The van der Waals surface area contributed by atoms with E-state index in [1.165, 1.54) is 17.5 Å². The summed E-state index contributed by atoms with van der Waals surface area (Å²) in [5, 5.41) is 9.54. The first-order valence-electron chi connectivity index (χ1n) is 10.1. The van der Waals surface area contributed by atoms with Crippen molar-refractivity contribution in [1.82, 2.24) is 4.90 Å². The van der Waals surface area contributed by atoms with Gasteiger partial charge < -0.3 is 0 Å². The minimum absolute atomic E-state index is 0.0949. The Balaban J connectivity index is 1.55. The van der Waals surface area contributed by atoms with E-state index in [-0.39, 0.29) is 16.6 Å². The third-order valence-corrected chi connectivity index (χ3v) is 7.66. The van der Waals surface area contributed by atoms with Gasteiger partial charge in [-0.25, -0.2) is 0 Å². The maximum atomic E-state index is 12.8. The lowest BCUT2D eigenvalue weighted by atomic mass is 9.48. The molecular weight excluding hydrogens is 320 g/mol. The molecule has 2 fully saturated rings. The van der Waals surface area contributed by atoms with Gasteiger partial charge in [-0.2, -0.15) is 5.26 Å². The number of ketones is 1. The van der Waals surface area contributed by atoms with Crippen LogP contribution in [0.1, 0.15) is 57.6 Å². The first kappa shape index (κ1) is 17.7. The molecule has 3 nitrogen and oxygen atoms in total. The Morgan fingerprint density at radius 2 is 1.85 bits per heavy atom. The lowest BCUT2D eigenvalue weighted by Crippen LogP contribution is -2.56. The van der Waals surface area contributed by atoms with E-state index in [9.17, 15) is 10.1 Å². The van der Waals surface area contributed by atoms with Gasteiger partial charge in [-0.3, -0.25) is 9.69 Å². The number of benzene rings is 1. The molecule has 1 heterocycles. The summed E-state index contributed by atoms with van der Waals surface area (Å²) in [5.41, 5.74) is 2.70. The average molecular weight is 351 g/mol. The SMILES string of the molecule is CC1(C)C(=O)C(C#N)C[C@]2(C)C[C@@H](N3CCc4ccccc4C3)CC[C@@H]12. The first-order valence-corrected chi connectivity index (χ1v) is 10.1. The average Bonchev–Trinajstić information content (AvgIpc) is 2.64. The fourth-order valence-electron chi connectivity index (χ4n) is 6.37. The van der Waals surface area contributed by atoms with Gasteiger partial charge in [0.05, 0.1) is 6.07 Å². The van der Waals surface area contributed by atoms with Crippen LogP contribution in [0.15, 0.2) is 24.3 Å². The van der Waals surface area contributed by atoms with E-state index in [4.69, 9.17) is 0 Å². The van der Waals surface area contributed by atoms with Crippen LogP contribution in [0, 0.1) is 34.0 Å². The summed E-state index contributed by atoms with van der Waals surface area (Å²) in [7, 11) is 0. The summed E-state index contributed by atoms with van der Waals surface area (Å²) in [6, 6.07) is 11.7. The molecule has 138 valence electrons. The van der Waals surface area contributed by atoms with Crippen LogP contribution < -0.4 is 0 Å². The zero-order valence-electron chi connectivity index (χ0n) is 16.3. The molecule has 2 saturated carbocycles. The van der Waals surface area contributed by atoms with Crippen LogP contribution in [-0.2, 0) is 17.8 Å². The molecule has 0 aromatic heterocycles. The highest BCUT2D eigenvalue weighted by molar-refractivity contribution is 5.89. The number of nitriles is 1. The van der Waals surface area contributed by atoms with Crippen molar-refractivity contribution in [3.05, 3.63) is 35.4 Å². The van der Waals surface area contributed by atoms with E-state index in [0.29, 0.717) is 12.0 Å². The zero-order valence-corrected chi connectivity index (χ0v) is 16.3. The van der Waals surface area contributed by atoms with Crippen molar-refractivity contribution >= 4 is 5.78 Å². The van der Waals surface area contributed by atoms with Gasteiger partial charge in [0.1, 0.15) is 5.92 Å². The fourth-order valence-corrected chi connectivity index (χ4v) is 6.37. The lowest BCUT2D eigenvalue weighted by Gasteiger charge is -2.57. The van der Waals surface area contributed by atoms with Crippen LogP contribution in [0.25, 0.3) is 0 Å². The fraction of sp³-hybridized carbons (Fsp3) is 0.652. The van der Waals surface area contributed by atoms with Gasteiger partial charge in [0.15, 0.2) is 5.78 Å². The van der Waals surface area contributed by atoms with Gasteiger partial charge >= 0.3 is 0 Å². The second-order valence-electron chi connectivity index (χ2n) is 9.60. The van der Waals surface area contributed by atoms with Crippen LogP contribution in [0.3, 0.4) is 0 Å². The van der Waals surface area contributed by atoms with Gasteiger partial charge in [-0.15, -0.1) is 0 Å². The molecule has 1 aromatic rings. The van der Waals surface area contributed by atoms with Gasteiger partial charge in [-0.1, -0.05) is 45.0 Å². The van der Waals surface area contributed by atoms with E-state index in [1.54, 1.807) is 0 Å². The predicted molar refractivity (Wildman–Crippen MR) is 102 cm³/mol. The van der Waals surface area contributed by atoms with Crippen molar-refractivity contribution in [2.45, 2.75) is 65.5 Å². The zero-order chi connectivity index (χ0) is 18.5. The molecule has 0 radical (unpaired) electrons. The van der Waals surface area contributed by atoms with Crippen molar-refractivity contribution in [2.75, 3.05) is 6.54 Å². The minimum Gasteiger partial charge on any atom is -0.298 e. The Kier molecular flexibility index (Phi) is 4.23. The summed E-state index contributed by atoms with van der Waals surface area (Å²) >= 11 is 0. The Morgan fingerprint density at radius 1 is 1.12 bits per heavy atom. The molecule has 1 aliphatic heterocycles. The van der Waals surface area contributed by atoms with Crippen LogP contribution in [-0.4, -0.2) is 23.3 Å². The molecule has 2 aliphatic carbocycles. The monoisotopic (exact) mass is 350 g/mol. The number of Topliss-reactive ketones (excluding diaryl/α,β-unsaturated/α-hetero) is 1. The summed E-state index contributed by atoms with van der Waals surface area (Å²) in [4.78, 5) is 15.4. The molecule has 4 rings (SSSR count). The number of carbonyl (C=O) groups excluding carboxylic acids is 1. The normalized spacial score (nSPS) is 36.7. The van der Waals surface area contributed by atoms with Crippen LogP contribution >= 0.6 is 0 Å². The number of fused-ring (bicyclic) bond motifs is 2. The molecular formula is C23H30N2O. The van der Waals surface area contributed by atoms with Crippen LogP contribution in [0.2, 0.25) is 0 Å². The molecule has 26 heavy (non-hydrogen) atoms. The maximum absolute atomic E-state index is 12.8. The molecule has 1 aromatic carbocycles. The molecule has 0 bridgehead atoms. The standard InChI is InChI=1S/C23H30N2O/c1-22(2)20-9-8-19(13-23(20,3)12-18(14-24)21(22)26)25-11-10-16-6-4-5-7-17(16)15-25/h4-7,18-20H,8-13,15H2,1-3H3/t18?,19-,20-,23+/m0/s1. The summed E-state index contributed by atoms with van der Waals surface area (Å²) in [6.07, 6.45) is 5.29. The summed E-state index contributed by atoms with van der Waals surface area (Å²) < 4.78 is 0. The van der Waals surface area contributed by atoms with Crippen molar-refractivity contribution < 1.29 is 4.79 Å². The Hall–Kier alpha value is -1.66. The minimum atomic E-state index is -0.424. The highest BCUT2D eigenvalue weighted by atomic mass is 16.1. The number of hydrogen-bond donors (Lipinski definition) is 0. The topological polar surface area (TPSA) is 44.1 Å². The van der Waals surface area contributed by atoms with Crippen molar-refractivity contribution in [3.63, 3.8) is 0 Å². The third kappa shape index (κ3) is 2.70. The molecule has 0 amide bonds. The van der Waals surface area contributed by atoms with E-state index < -0.39 is 5.92 Å². The van der Waals surface area contributed by atoms with Gasteiger partial charge in [-0.05, 0) is 54.6 Å². The smallest absolute Gasteiger partial charge is 0.155 e. The number of rotatable bonds is 1. The Bertz CT molecular complexity index is 762. The predicted octanol–water partition coefficient (Wildman–Crippen LogP) is 4.36. The van der Waals surface area contributed by atoms with E-state index >= 15 is 0 Å². The van der Waals surface area contributed by atoms with Gasteiger partial charge in [0, 0.05) is 24.5 Å². The van der Waals surface area contributed by atoms with E-state index in [0.717, 1.165) is 38.8 Å². The van der Waals surface area contributed by atoms with Gasteiger partial charge in [0.25, 0.3) is 0 Å². The number of carbonyl (C=O) groups is 1. The largest absolute Gasteiger partial charge is 0.298 e. The van der Waals surface area contributed by atoms with Crippen molar-refractivity contribution in [1.29, 1.82) is 5.26 Å². The molecule has 0 N–H and O–H groups in total. The molecule has 1 unspecified atom stereocenters. The number of hydrogen-bond acceptors (Lipinski definition) is 3. The second kappa shape index (κ2) is 6.20. The Morgan fingerprint density at radius 3 is 2.58 bits per heavy atom. The maximum Gasteiger partial charge on any atom is 0.155 e. The summed E-state index contributed by atoms with van der Waals surface area (Å²) in [6.45, 7) is 8.69. The van der Waals surface area contributed by atoms with Crippen LogP contribution in [0.4, 0.5) is 0 Å². The second-order valence-corrected chi connectivity index (χ2v) is 9.60. The quantitative estimate of drug-likeness (QED) is 0.756. The Labute approximate surface area is 157 Å². The van der Waals surface area contributed by atoms with Crippen molar-refractivity contribution in [2.24, 2.45) is 22.7 Å². The number of nitrogens with zero attached hydrogens (tertiary/aromatic N) is 2. The molecule has 0 saturated heterocycles. The van der Waals surface area contributed by atoms with E-state index in [1.807, 2.05) is 0 Å². The van der Waals surface area contributed by atoms with Crippen LogP contribution in [0.5, 0.6) is 0 Å². The first-order chi connectivity index (χ1) is 12.3. The highest BCUT2D eigenvalue weighted by Crippen LogP contribution is 2.58. The van der Waals surface area contributed by atoms with Crippen molar-refractivity contribution in [3.8, 4) is 6.07 Å². The van der Waals surface area contributed by atoms with Gasteiger partial charge in [0.2, 0.25) is 0 Å².